The van der Waals surface area contributed by atoms with Crippen LogP contribution in [0.5, 0.6) is 0 Å². The smallest absolute Gasteiger partial charge is 0.150 e. The fourth-order valence-corrected chi connectivity index (χ4v) is 12.3. The highest BCUT2D eigenvalue weighted by Crippen LogP contribution is 2.61. The quantitative estimate of drug-likeness (QED) is 0.422. The third-order valence-corrected chi connectivity index (χ3v) is 13.4. The number of benzene rings is 2. The Morgan fingerprint density at radius 1 is 0.667 bits per heavy atom. The first-order chi connectivity index (χ1) is 12.8. The van der Waals surface area contributed by atoms with Crippen molar-refractivity contribution in [3.05, 3.63) is 59.7 Å². The van der Waals surface area contributed by atoms with E-state index < -0.39 is 14.3 Å². The van der Waals surface area contributed by atoms with Crippen LogP contribution in [0.25, 0.3) is 0 Å². The molecule has 0 aliphatic rings. The second-order valence-corrected chi connectivity index (χ2v) is 14.4. The average Bonchev–Trinajstić information content (AvgIpc) is 2.66. The summed E-state index contributed by atoms with van der Waals surface area (Å²) in [5.74, 6) is 0.326. The molecule has 0 unspecified atom stereocenters. The third-order valence-electron chi connectivity index (χ3n) is 5.20. The van der Waals surface area contributed by atoms with E-state index in [-0.39, 0.29) is 0 Å². The molecule has 0 heterocycles. The number of hydrogen-bond acceptors (Lipinski definition) is 2. The molecular weight excluding hydrogens is 370 g/mol. The molecule has 27 heavy (non-hydrogen) atoms. The van der Waals surface area contributed by atoms with E-state index in [0.717, 1.165) is 47.4 Å². The molecule has 0 N–H and O–H groups in total. The molecule has 0 amide bonds. The fraction of sp³-hybridized carbons (Fsp3) is 0.478. The van der Waals surface area contributed by atoms with Crippen LogP contribution >= 0.6 is 14.3 Å². The van der Waals surface area contributed by atoms with Crippen molar-refractivity contribution in [3.8, 4) is 0 Å². The van der Waals surface area contributed by atoms with Crippen molar-refractivity contribution in [1.29, 1.82) is 0 Å². The molecule has 0 saturated heterocycles. The van der Waals surface area contributed by atoms with Gasteiger partial charge in [-0.05, 0) is 26.7 Å². The summed E-state index contributed by atoms with van der Waals surface area (Å²) < 4.78 is 28.3. The van der Waals surface area contributed by atoms with Crippen LogP contribution in [0.4, 0.5) is 0 Å². The second-order valence-electron chi connectivity index (χ2n) is 7.76. The molecule has 0 atom stereocenters. The van der Waals surface area contributed by atoms with Crippen molar-refractivity contribution in [2.24, 2.45) is 0 Å². The first-order valence-electron chi connectivity index (χ1n) is 10.1. The van der Waals surface area contributed by atoms with E-state index >= 15 is 0 Å². The summed E-state index contributed by atoms with van der Waals surface area (Å²) in [6.07, 6.45) is 5.37. The van der Waals surface area contributed by atoms with Gasteiger partial charge >= 0.3 is 0 Å². The van der Waals surface area contributed by atoms with Crippen molar-refractivity contribution >= 4 is 24.9 Å². The van der Waals surface area contributed by atoms with Gasteiger partial charge < -0.3 is 9.13 Å². The zero-order valence-electron chi connectivity index (χ0n) is 17.3. The Morgan fingerprint density at radius 2 is 1.04 bits per heavy atom. The van der Waals surface area contributed by atoms with Gasteiger partial charge in [-0.2, -0.15) is 0 Å². The van der Waals surface area contributed by atoms with Crippen molar-refractivity contribution in [3.63, 3.8) is 0 Å². The Hall–Kier alpha value is -1.10. The van der Waals surface area contributed by atoms with Crippen molar-refractivity contribution in [1.82, 2.24) is 0 Å². The van der Waals surface area contributed by atoms with Gasteiger partial charge in [-0.15, -0.1) is 0 Å². The molecule has 0 aromatic heterocycles. The SMILES string of the molecule is CCCCP(=O)(CCCC)CP(=O)(c1ccc(C)cc1)c1ccc(C)cc1. The highest BCUT2D eigenvalue weighted by Gasteiger charge is 2.36. The lowest BCUT2D eigenvalue weighted by atomic mass is 10.2. The van der Waals surface area contributed by atoms with E-state index in [1.807, 2.05) is 62.4 Å². The Labute approximate surface area is 165 Å². The molecule has 0 radical (unpaired) electrons. The summed E-state index contributed by atoms with van der Waals surface area (Å²) in [6.45, 7) is 8.33. The summed E-state index contributed by atoms with van der Waals surface area (Å²) >= 11 is 0. The minimum absolute atomic E-state index is 0.326. The maximum Gasteiger partial charge on any atom is 0.150 e. The van der Waals surface area contributed by atoms with Gasteiger partial charge in [0.15, 0.2) is 0 Å². The molecule has 2 aromatic carbocycles. The van der Waals surface area contributed by atoms with Gasteiger partial charge in [0.25, 0.3) is 0 Å². The molecule has 2 nitrogen and oxygen atoms in total. The van der Waals surface area contributed by atoms with Crippen LogP contribution in [0, 0.1) is 13.8 Å². The Bertz CT molecular complexity index is 746. The van der Waals surface area contributed by atoms with Gasteiger partial charge in [0.1, 0.15) is 7.14 Å². The molecule has 0 saturated carbocycles. The highest BCUT2D eigenvalue weighted by atomic mass is 31.2. The molecule has 0 spiro atoms. The van der Waals surface area contributed by atoms with E-state index in [1.54, 1.807) is 0 Å². The number of aryl methyl sites for hydroxylation is 2. The molecule has 4 heteroatoms. The van der Waals surface area contributed by atoms with Crippen LogP contribution < -0.4 is 10.6 Å². The maximum atomic E-state index is 14.4. The first kappa shape index (κ1) is 22.2. The van der Waals surface area contributed by atoms with Gasteiger partial charge in [-0.3, -0.25) is 0 Å². The summed E-state index contributed by atoms with van der Waals surface area (Å²) in [5.41, 5.74) is 2.30. The molecule has 2 rings (SSSR count). The predicted octanol–water partition coefficient (Wildman–Crippen LogP) is 6.54. The lowest BCUT2D eigenvalue weighted by molar-refractivity contribution is 0.569. The topological polar surface area (TPSA) is 34.1 Å². The van der Waals surface area contributed by atoms with E-state index in [4.69, 9.17) is 0 Å². The maximum absolute atomic E-state index is 14.4. The Morgan fingerprint density at radius 3 is 1.37 bits per heavy atom. The molecule has 2 aromatic rings. The average molecular weight is 404 g/mol. The van der Waals surface area contributed by atoms with Gasteiger partial charge in [-0.1, -0.05) is 86.3 Å². The van der Waals surface area contributed by atoms with Crippen LogP contribution in [0.15, 0.2) is 48.5 Å². The summed E-state index contributed by atoms with van der Waals surface area (Å²) in [4.78, 5) is 0. The largest absolute Gasteiger partial charge is 0.323 e. The molecule has 0 aliphatic carbocycles. The van der Waals surface area contributed by atoms with Gasteiger partial charge in [0.2, 0.25) is 0 Å². The van der Waals surface area contributed by atoms with E-state index in [9.17, 15) is 9.13 Å². The lowest BCUT2D eigenvalue weighted by Crippen LogP contribution is -2.20. The third kappa shape index (κ3) is 5.94. The monoisotopic (exact) mass is 404 g/mol. The van der Waals surface area contributed by atoms with Crippen molar-refractivity contribution in [2.75, 3.05) is 18.2 Å². The van der Waals surface area contributed by atoms with Crippen LogP contribution in [-0.2, 0) is 9.13 Å². The number of rotatable bonds is 10. The number of hydrogen-bond donors (Lipinski definition) is 0. The van der Waals surface area contributed by atoms with E-state index in [1.165, 1.54) is 0 Å². The molecular formula is C23H34O2P2. The van der Waals surface area contributed by atoms with E-state index in [2.05, 4.69) is 13.8 Å². The minimum Gasteiger partial charge on any atom is -0.323 e. The fourth-order valence-electron chi connectivity index (χ4n) is 3.39. The lowest BCUT2D eigenvalue weighted by Gasteiger charge is -2.26. The zero-order valence-corrected chi connectivity index (χ0v) is 19.1. The van der Waals surface area contributed by atoms with Gasteiger partial charge in [0.05, 0.1) is 13.0 Å². The molecule has 0 bridgehead atoms. The summed E-state index contributed by atoms with van der Waals surface area (Å²) in [5, 5.41) is 1.68. The molecule has 148 valence electrons. The second kappa shape index (κ2) is 9.90. The van der Waals surface area contributed by atoms with Crippen LogP contribution in [-0.4, -0.2) is 18.2 Å². The van der Waals surface area contributed by atoms with Gasteiger partial charge in [-0.25, -0.2) is 0 Å². The number of unbranched alkanes of at least 4 members (excludes halogenated alkanes) is 2. The Balaban J connectivity index is 2.50. The summed E-state index contributed by atoms with van der Waals surface area (Å²) in [7, 11) is -5.42. The highest BCUT2D eigenvalue weighted by molar-refractivity contribution is 7.88. The minimum atomic E-state index is -2.93. The molecule has 0 fully saturated rings. The first-order valence-corrected chi connectivity index (χ1v) is 14.3. The van der Waals surface area contributed by atoms with Crippen LogP contribution in [0.1, 0.15) is 50.7 Å². The normalized spacial score (nSPS) is 12.3. The Kier molecular flexibility index (Phi) is 8.14. The van der Waals surface area contributed by atoms with Crippen LogP contribution in [0.3, 0.4) is 0 Å². The van der Waals surface area contributed by atoms with Gasteiger partial charge in [0, 0.05) is 22.9 Å². The molecule has 0 aliphatic heterocycles. The van der Waals surface area contributed by atoms with Crippen molar-refractivity contribution < 1.29 is 9.13 Å². The predicted molar refractivity (Wildman–Crippen MR) is 121 cm³/mol. The zero-order chi connectivity index (χ0) is 19.9. The van der Waals surface area contributed by atoms with E-state index in [0.29, 0.717) is 18.2 Å². The van der Waals surface area contributed by atoms with Crippen LogP contribution in [0.2, 0.25) is 0 Å². The standard InChI is InChI=1S/C23H34O2P2/c1-5-7-17-26(24,18-8-6-2)19-27(25,22-13-9-20(3)10-14-22)23-15-11-21(4)12-16-23/h9-16H,5-8,17-19H2,1-4H3. The van der Waals surface area contributed by atoms with Crippen molar-refractivity contribution in [2.45, 2.75) is 53.4 Å². The summed E-state index contributed by atoms with van der Waals surface area (Å²) in [6, 6.07) is 15.9.